The smallest absolute Gasteiger partial charge is 0.268 e. The number of rotatable bonds is 3. The summed E-state index contributed by atoms with van der Waals surface area (Å²) < 4.78 is 2.80. The molecule has 0 unspecified atom stereocenters. The first-order chi connectivity index (χ1) is 8.61. The van der Waals surface area contributed by atoms with Crippen LogP contribution < -0.4 is 5.32 Å². The van der Waals surface area contributed by atoms with E-state index in [1.807, 2.05) is 23.8 Å². The summed E-state index contributed by atoms with van der Waals surface area (Å²) in [5.74, 6) is -0.103. The van der Waals surface area contributed by atoms with Crippen molar-refractivity contribution in [2.24, 2.45) is 0 Å². The summed E-state index contributed by atoms with van der Waals surface area (Å²) >= 11 is 3.38. The predicted octanol–water partition coefficient (Wildman–Crippen LogP) is 2.30. The molecular weight excluding hydrogens is 296 g/mol. The molecule has 1 aromatic heterocycles. The third kappa shape index (κ3) is 2.95. The number of aliphatic hydroxyl groups excluding tert-OH is 1. The average molecular weight is 315 g/mol. The number of aromatic nitrogens is 1. The van der Waals surface area contributed by atoms with Gasteiger partial charge in [0, 0.05) is 17.2 Å². The minimum absolute atomic E-state index is 0.103. The van der Waals surface area contributed by atoms with Crippen molar-refractivity contribution in [2.45, 2.75) is 51.3 Å². The van der Waals surface area contributed by atoms with Crippen LogP contribution in [0.15, 0.2) is 16.7 Å². The molecule has 1 aliphatic rings. The first kappa shape index (κ1) is 13.6. The SMILES string of the molecule is CCn1cc(Br)cc1C(=O)N[C@H]1CCCC[C@@H]1O. The summed E-state index contributed by atoms with van der Waals surface area (Å²) in [6.45, 7) is 2.75. The molecule has 100 valence electrons. The second-order valence-corrected chi connectivity index (χ2v) is 5.68. The molecule has 1 heterocycles. The molecule has 1 amide bonds. The van der Waals surface area contributed by atoms with Gasteiger partial charge in [-0.05, 0) is 41.8 Å². The van der Waals surface area contributed by atoms with Crippen LogP contribution in [0.1, 0.15) is 43.1 Å². The van der Waals surface area contributed by atoms with E-state index in [0.717, 1.165) is 36.7 Å². The Kier molecular flexibility index (Phi) is 4.45. The maximum atomic E-state index is 12.2. The van der Waals surface area contributed by atoms with Gasteiger partial charge in [0.15, 0.2) is 0 Å². The molecule has 2 N–H and O–H groups in total. The number of aryl methyl sites for hydroxylation is 1. The van der Waals surface area contributed by atoms with Crippen LogP contribution in [0.4, 0.5) is 0 Å². The summed E-state index contributed by atoms with van der Waals surface area (Å²) in [5.41, 5.74) is 0.641. The minimum Gasteiger partial charge on any atom is -0.391 e. The van der Waals surface area contributed by atoms with Crippen molar-refractivity contribution in [1.82, 2.24) is 9.88 Å². The number of amides is 1. The molecule has 1 aromatic rings. The number of aliphatic hydroxyl groups is 1. The Bertz CT molecular complexity index is 431. The summed E-state index contributed by atoms with van der Waals surface area (Å²) in [6, 6.07) is 1.71. The van der Waals surface area contributed by atoms with Crippen molar-refractivity contribution >= 4 is 21.8 Å². The molecule has 0 aliphatic heterocycles. The molecule has 2 rings (SSSR count). The zero-order valence-electron chi connectivity index (χ0n) is 10.5. The van der Waals surface area contributed by atoms with Gasteiger partial charge in [-0.3, -0.25) is 4.79 Å². The van der Waals surface area contributed by atoms with Crippen LogP contribution in [0.2, 0.25) is 0 Å². The zero-order valence-corrected chi connectivity index (χ0v) is 12.1. The highest BCUT2D eigenvalue weighted by Crippen LogP contribution is 2.20. The van der Waals surface area contributed by atoms with Gasteiger partial charge in [-0.1, -0.05) is 12.8 Å². The fraction of sp³-hybridized carbons (Fsp3) is 0.615. The largest absolute Gasteiger partial charge is 0.391 e. The summed E-state index contributed by atoms with van der Waals surface area (Å²) in [4.78, 5) is 12.2. The van der Waals surface area contributed by atoms with E-state index in [0.29, 0.717) is 5.69 Å². The molecule has 0 radical (unpaired) electrons. The monoisotopic (exact) mass is 314 g/mol. The van der Waals surface area contributed by atoms with E-state index >= 15 is 0 Å². The molecule has 1 fully saturated rings. The third-order valence-electron chi connectivity index (χ3n) is 3.48. The van der Waals surface area contributed by atoms with Gasteiger partial charge in [-0.25, -0.2) is 0 Å². The van der Waals surface area contributed by atoms with Crippen molar-refractivity contribution in [3.05, 3.63) is 22.4 Å². The summed E-state index contributed by atoms with van der Waals surface area (Å²) in [6.07, 6.45) is 5.25. The van der Waals surface area contributed by atoms with E-state index in [2.05, 4.69) is 21.2 Å². The molecule has 0 bridgehead atoms. The number of nitrogens with one attached hydrogen (secondary N) is 1. The van der Waals surface area contributed by atoms with E-state index in [4.69, 9.17) is 0 Å². The third-order valence-corrected chi connectivity index (χ3v) is 3.92. The first-order valence-corrected chi connectivity index (χ1v) is 7.25. The van der Waals surface area contributed by atoms with Crippen molar-refractivity contribution < 1.29 is 9.90 Å². The molecule has 2 atom stereocenters. The Hall–Kier alpha value is -0.810. The van der Waals surface area contributed by atoms with E-state index in [9.17, 15) is 9.90 Å². The van der Waals surface area contributed by atoms with Crippen LogP contribution in [-0.4, -0.2) is 27.7 Å². The first-order valence-electron chi connectivity index (χ1n) is 6.46. The molecular formula is C13H19BrN2O2. The maximum Gasteiger partial charge on any atom is 0.268 e. The Balaban J connectivity index is 2.06. The Morgan fingerprint density at radius 2 is 2.28 bits per heavy atom. The quantitative estimate of drug-likeness (QED) is 0.899. The normalized spacial score (nSPS) is 23.9. The summed E-state index contributed by atoms with van der Waals surface area (Å²) in [7, 11) is 0. The Labute approximate surface area is 116 Å². The van der Waals surface area contributed by atoms with E-state index in [1.54, 1.807) is 0 Å². The molecule has 18 heavy (non-hydrogen) atoms. The highest BCUT2D eigenvalue weighted by atomic mass is 79.9. The van der Waals surface area contributed by atoms with Crippen molar-refractivity contribution in [3.8, 4) is 0 Å². The maximum absolute atomic E-state index is 12.2. The van der Waals surface area contributed by atoms with Crippen LogP contribution in [-0.2, 0) is 6.54 Å². The standard InChI is InChI=1S/C13H19BrN2O2/c1-2-16-8-9(14)7-11(16)13(18)15-10-5-3-4-6-12(10)17/h7-8,10,12,17H,2-6H2,1H3,(H,15,18)/t10-,12-/m0/s1. The van der Waals surface area contributed by atoms with Crippen molar-refractivity contribution in [3.63, 3.8) is 0 Å². The van der Waals surface area contributed by atoms with Gasteiger partial charge < -0.3 is 15.0 Å². The van der Waals surface area contributed by atoms with E-state index < -0.39 is 6.10 Å². The number of halogens is 1. The van der Waals surface area contributed by atoms with Crippen molar-refractivity contribution in [1.29, 1.82) is 0 Å². The van der Waals surface area contributed by atoms with Gasteiger partial charge in [0.1, 0.15) is 5.69 Å². The number of hydrogen-bond acceptors (Lipinski definition) is 2. The highest BCUT2D eigenvalue weighted by molar-refractivity contribution is 9.10. The topological polar surface area (TPSA) is 54.3 Å². The zero-order chi connectivity index (χ0) is 13.1. The lowest BCUT2D eigenvalue weighted by Gasteiger charge is -2.28. The van der Waals surface area contributed by atoms with Gasteiger partial charge in [0.05, 0.1) is 12.1 Å². The fourth-order valence-corrected chi connectivity index (χ4v) is 2.91. The lowest BCUT2D eigenvalue weighted by molar-refractivity contribution is 0.0711. The minimum atomic E-state index is -0.406. The molecule has 5 heteroatoms. The van der Waals surface area contributed by atoms with E-state index in [1.165, 1.54) is 0 Å². The number of carbonyl (C=O) groups excluding carboxylic acids is 1. The lowest BCUT2D eigenvalue weighted by Crippen LogP contribution is -2.45. The van der Waals surface area contributed by atoms with Crippen LogP contribution in [0.3, 0.4) is 0 Å². The molecule has 0 aromatic carbocycles. The van der Waals surface area contributed by atoms with E-state index in [-0.39, 0.29) is 11.9 Å². The number of hydrogen-bond donors (Lipinski definition) is 2. The van der Waals surface area contributed by atoms with Crippen LogP contribution in [0.25, 0.3) is 0 Å². The van der Waals surface area contributed by atoms with Crippen molar-refractivity contribution in [2.75, 3.05) is 0 Å². The van der Waals surface area contributed by atoms with Crippen LogP contribution in [0, 0.1) is 0 Å². The molecule has 0 saturated heterocycles. The second-order valence-electron chi connectivity index (χ2n) is 4.76. The molecule has 4 nitrogen and oxygen atoms in total. The van der Waals surface area contributed by atoms with Gasteiger partial charge >= 0.3 is 0 Å². The van der Waals surface area contributed by atoms with Gasteiger partial charge in [0.25, 0.3) is 5.91 Å². The second kappa shape index (κ2) is 5.89. The van der Waals surface area contributed by atoms with Gasteiger partial charge in [-0.2, -0.15) is 0 Å². The van der Waals surface area contributed by atoms with Gasteiger partial charge in [0.2, 0.25) is 0 Å². The Morgan fingerprint density at radius 1 is 1.56 bits per heavy atom. The molecule has 0 spiro atoms. The van der Waals surface area contributed by atoms with Crippen LogP contribution >= 0.6 is 15.9 Å². The molecule has 1 aliphatic carbocycles. The van der Waals surface area contributed by atoms with Gasteiger partial charge in [-0.15, -0.1) is 0 Å². The highest BCUT2D eigenvalue weighted by Gasteiger charge is 2.25. The Morgan fingerprint density at radius 3 is 2.94 bits per heavy atom. The molecule has 1 saturated carbocycles. The predicted molar refractivity (Wildman–Crippen MR) is 73.5 cm³/mol. The lowest BCUT2D eigenvalue weighted by atomic mass is 9.92. The number of carbonyl (C=O) groups is 1. The summed E-state index contributed by atoms with van der Waals surface area (Å²) in [5, 5.41) is 12.8. The fourth-order valence-electron chi connectivity index (χ4n) is 2.45. The van der Waals surface area contributed by atoms with Crippen LogP contribution in [0.5, 0.6) is 0 Å². The average Bonchev–Trinajstić information content (AvgIpc) is 2.73. The number of nitrogens with zero attached hydrogens (tertiary/aromatic N) is 1.